The van der Waals surface area contributed by atoms with Crippen LogP contribution in [0, 0.1) is 5.92 Å². The normalized spacial score (nSPS) is 15.9. The van der Waals surface area contributed by atoms with Gasteiger partial charge in [-0.05, 0) is 31.0 Å². The van der Waals surface area contributed by atoms with Crippen LogP contribution in [-0.2, 0) is 4.79 Å². The Kier molecular flexibility index (Phi) is 6.22. The molecule has 1 saturated heterocycles. The minimum absolute atomic E-state index is 0.0858. The molecule has 1 unspecified atom stereocenters. The van der Waals surface area contributed by atoms with Crippen LogP contribution < -0.4 is 5.32 Å². The summed E-state index contributed by atoms with van der Waals surface area (Å²) in [6, 6.07) is 25.2. The predicted molar refractivity (Wildman–Crippen MR) is 120 cm³/mol. The molecular formula is C26H24N2O3. The predicted octanol–water partition coefficient (Wildman–Crippen LogP) is 4.41. The summed E-state index contributed by atoms with van der Waals surface area (Å²) in [7, 11) is 0. The van der Waals surface area contributed by atoms with Crippen molar-refractivity contribution in [1.29, 1.82) is 0 Å². The first-order chi connectivity index (χ1) is 15.1. The zero-order chi connectivity index (χ0) is 21.6. The number of piperidine rings is 1. The molecule has 4 rings (SSSR count). The summed E-state index contributed by atoms with van der Waals surface area (Å²) >= 11 is 0. The summed E-state index contributed by atoms with van der Waals surface area (Å²) in [5.41, 5.74) is 2.05. The van der Waals surface area contributed by atoms with Gasteiger partial charge in [0.25, 0.3) is 5.91 Å². The molecule has 1 N–H and O–H groups in total. The van der Waals surface area contributed by atoms with Crippen LogP contribution in [0.4, 0.5) is 5.69 Å². The van der Waals surface area contributed by atoms with Crippen LogP contribution in [0.1, 0.15) is 39.1 Å². The molecule has 31 heavy (non-hydrogen) atoms. The summed E-state index contributed by atoms with van der Waals surface area (Å²) in [4.78, 5) is 40.7. The molecule has 1 aliphatic rings. The molecule has 0 bridgehead atoms. The van der Waals surface area contributed by atoms with Crippen molar-refractivity contribution in [1.82, 2.24) is 4.90 Å². The quantitative estimate of drug-likeness (QED) is 0.632. The molecule has 156 valence electrons. The fourth-order valence-electron chi connectivity index (χ4n) is 3.92. The monoisotopic (exact) mass is 412 g/mol. The number of hydrogen-bond acceptors (Lipinski definition) is 3. The molecule has 1 atom stereocenters. The Hall–Kier alpha value is -3.73. The molecule has 2 amide bonds. The molecule has 0 aromatic heterocycles. The molecule has 0 radical (unpaired) electrons. The second kappa shape index (κ2) is 9.39. The third kappa shape index (κ3) is 4.72. The van der Waals surface area contributed by atoms with Crippen molar-refractivity contribution in [3.8, 4) is 0 Å². The van der Waals surface area contributed by atoms with E-state index in [0.717, 1.165) is 18.5 Å². The first kappa shape index (κ1) is 20.5. The summed E-state index contributed by atoms with van der Waals surface area (Å²) in [6.07, 6.45) is 1.47. The van der Waals surface area contributed by atoms with E-state index in [0.29, 0.717) is 29.8 Å². The second-order valence-corrected chi connectivity index (χ2v) is 7.69. The maximum absolute atomic E-state index is 13.3. The van der Waals surface area contributed by atoms with Crippen molar-refractivity contribution >= 4 is 23.3 Å². The van der Waals surface area contributed by atoms with Crippen LogP contribution in [0.25, 0.3) is 0 Å². The zero-order valence-corrected chi connectivity index (χ0v) is 17.2. The number of amides is 2. The lowest BCUT2D eigenvalue weighted by Crippen LogP contribution is -2.44. The summed E-state index contributed by atoms with van der Waals surface area (Å²) < 4.78 is 0. The summed E-state index contributed by atoms with van der Waals surface area (Å²) in [5.74, 6) is -0.760. The van der Waals surface area contributed by atoms with E-state index < -0.39 is 0 Å². The van der Waals surface area contributed by atoms with Gasteiger partial charge in [-0.3, -0.25) is 14.4 Å². The first-order valence-electron chi connectivity index (χ1n) is 10.5. The lowest BCUT2D eigenvalue weighted by Gasteiger charge is -2.32. The van der Waals surface area contributed by atoms with Crippen LogP contribution in [0.5, 0.6) is 0 Å². The second-order valence-electron chi connectivity index (χ2n) is 7.69. The number of rotatable bonds is 5. The minimum Gasteiger partial charge on any atom is -0.338 e. The molecule has 3 aromatic rings. The van der Waals surface area contributed by atoms with Crippen molar-refractivity contribution in [2.45, 2.75) is 12.8 Å². The number of hydrogen-bond donors (Lipinski definition) is 1. The highest BCUT2D eigenvalue weighted by Crippen LogP contribution is 2.23. The number of benzene rings is 3. The van der Waals surface area contributed by atoms with E-state index in [1.807, 2.05) is 36.4 Å². The van der Waals surface area contributed by atoms with E-state index in [-0.39, 0.29) is 23.5 Å². The van der Waals surface area contributed by atoms with E-state index in [2.05, 4.69) is 5.32 Å². The van der Waals surface area contributed by atoms with Gasteiger partial charge in [-0.2, -0.15) is 0 Å². The standard InChI is InChI=1S/C26H24N2O3/c29-24(19-10-3-1-4-11-19)22-15-7-8-16-23(22)26(31)28-17-9-12-20(18-28)25(30)27-21-13-5-2-6-14-21/h1-8,10-11,13-16,20H,9,12,17-18H2,(H,27,30). The maximum atomic E-state index is 13.3. The number of likely N-dealkylation sites (tertiary alicyclic amines) is 1. The molecule has 1 fully saturated rings. The topological polar surface area (TPSA) is 66.5 Å². The average Bonchev–Trinajstić information content (AvgIpc) is 2.84. The largest absolute Gasteiger partial charge is 0.338 e. The van der Waals surface area contributed by atoms with Gasteiger partial charge in [0.15, 0.2) is 5.78 Å². The third-order valence-electron chi connectivity index (χ3n) is 5.56. The number of para-hydroxylation sites is 1. The highest BCUT2D eigenvalue weighted by atomic mass is 16.2. The third-order valence-corrected chi connectivity index (χ3v) is 5.56. The van der Waals surface area contributed by atoms with Crippen molar-refractivity contribution in [3.63, 3.8) is 0 Å². The number of nitrogens with zero attached hydrogens (tertiary/aromatic N) is 1. The number of ketones is 1. The molecular weight excluding hydrogens is 388 g/mol. The van der Waals surface area contributed by atoms with Crippen molar-refractivity contribution in [3.05, 3.63) is 102 Å². The smallest absolute Gasteiger partial charge is 0.254 e. The number of carbonyl (C=O) groups is 3. The van der Waals surface area contributed by atoms with Crippen LogP contribution in [0.15, 0.2) is 84.9 Å². The maximum Gasteiger partial charge on any atom is 0.254 e. The van der Waals surface area contributed by atoms with Gasteiger partial charge < -0.3 is 10.2 Å². The minimum atomic E-state index is -0.283. The van der Waals surface area contributed by atoms with Crippen LogP contribution >= 0.6 is 0 Å². The van der Waals surface area contributed by atoms with Gasteiger partial charge in [-0.15, -0.1) is 0 Å². The molecule has 0 spiro atoms. The highest BCUT2D eigenvalue weighted by Gasteiger charge is 2.30. The Labute approximate surface area is 181 Å². The van der Waals surface area contributed by atoms with Crippen molar-refractivity contribution < 1.29 is 14.4 Å². The van der Waals surface area contributed by atoms with Crippen LogP contribution in [0.3, 0.4) is 0 Å². The van der Waals surface area contributed by atoms with Gasteiger partial charge >= 0.3 is 0 Å². The molecule has 0 saturated carbocycles. The summed E-state index contributed by atoms with van der Waals surface area (Å²) in [6.45, 7) is 0.910. The Morgan fingerprint density at radius 2 is 1.39 bits per heavy atom. The molecule has 5 nitrogen and oxygen atoms in total. The summed E-state index contributed by atoms with van der Waals surface area (Å²) in [5, 5.41) is 2.93. The van der Waals surface area contributed by atoms with Crippen molar-refractivity contribution in [2.24, 2.45) is 5.92 Å². The Morgan fingerprint density at radius 3 is 2.10 bits per heavy atom. The zero-order valence-electron chi connectivity index (χ0n) is 17.2. The van der Waals surface area contributed by atoms with Gasteiger partial charge in [0.2, 0.25) is 5.91 Å². The first-order valence-corrected chi connectivity index (χ1v) is 10.5. The molecule has 3 aromatic carbocycles. The molecule has 1 heterocycles. The van der Waals surface area contributed by atoms with Gasteiger partial charge in [0.05, 0.1) is 11.5 Å². The van der Waals surface area contributed by atoms with Gasteiger partial charge in [0.1, 0.15) is 0 Å². The Bertz CT molecular complexity index is 1080. The van der Waals surface area contributed by atoms with E-state index in [1.54, 1.807) is 53.4 Å². The lowest BCUT2D eigenvalue weighted by atomic mass is 9.94. The van der Waals surface area contributed by atoms with E-state index in [4.69, 9.17) is 0 Å². The number of carbonyl (C=O) groups excluding carboxylic acids is 3. The Balaban J connectivity index is 1.51. The van der Waals surface area contributed by atoms with E-state index >= 15 is 0 Å². The van der Waals surface area contributed by atoms with E-state index in [1.165, 1.54) is 0 Å². The fourth-order valence-corrected chi connectivity index (χ4v) is 3.92. The Morgan fingerprint density at radius 1 is 0.774 bits per heavy atom. The van der Waals surface area contributed by atoms with Crippen LogP contribution in [-0.4, -0.2) is 35.6 Å². The molecule has 5 heteroatoms. The van der Waals surface area contributed by atoms with E-state index in [9.17, 15) is 14.4 Å². The van der Waals surface area contributed by atoms with Crippen LogP contribution in [0.2, 0.25) is 0 Å². The van der Waals surface area contributed by atoms with Gasteiger partial charge in [-0.25, -0.2) is 0 Å². The fraction of sp³-hybridized carbons (Fsp3) is 0.192. The van der Waals surface area contributed by atoms with Gasteiger partial charge in [0, 0.05) is 29.9 Å². The SMILES string of the molecule is O=C(c1ccccc1)c1ccccc1C(=O)N1CCCC(C(=O)Nc2ccccc2)C1. The lowest BCUT2D eigenvalue weighted by molar-refractivity contribution is -0.121. The van der Waals surface area contributed by atoms with Crippen molar-refractivity contribution in [2.75, 3.05) is 18.4 Å². The van der Waals surface area contributed by atoms with Gasteiger partial charge in [-0.1, -0.05) is 66.7 Å². The number of anilines is 1. The highest BCUT2D eigenvalue weighted by molar-refractivity contribution is 6.15. The molecule has 0 aliphatic carbocycles. The molecule has 1 aliphatic heterocycles. The average molecular weight is 412 g/mol. The number of nitrogens with one attached hydrogen (secondary N) is 1.